The van der Waals surface area contributed by atoms with Crippen LogP contribution in [0.2, 0.25) is 0 Å². The van der Waals surface area contributed by atoms with Crippen LogP contribution in [0, 0.1) is 0 Å². The summed E-state index contributed by atoms with van der Waals surface area (Å²) in [7, 11) is 1.51. The maximum Gasteiger partial charge on any atom is 0.329 e. The van der Waals surface area contributed by atoms with Crippen LogP contribution in [0.25, 0.3) is 0 Å². The second-order valence-electron chi connectivity index (χ2n) is 4.62. The summed E-state index contributed by atoms with van der Waals surface area (Å²) in [5, 5.41) is 2.60. The molecule has 122 valence electrons. The maximum atomic E-state index is 12.0. The highest BCUT2D eigenvalue weighted by atomic mass is 32.2. The molecular formula is C15H17N3O4S. The third kappa shape index (κ3) is 5.11. The number of aromatic amines is 1. The lowest BCUT2D eigenvalue weighted by atomic mass is 10.4. The average molecular weight is 335 g/mol. The Morgan fingerprint density at radius 3 is 2.74 bits per heavy atom. The van der Waals surface area contributed by atoms with Gasteiger partial charge in [0, 0.05) is 18.1 Å². The van der Waals surface area contributed by atoms with Gasteiger partial charge >= 0.3 is 5.69 Å². The summed E-state index contributed by atoms with van der Waals surface area (Å²) < 4.78 is 6.19. The number of nitrogens with one attached hydrogen (secondary N) is 2. The number of ether oxygens (including phenoxy) is 1. The van der Waals surface area contributed by atoms with Gasteiger partial charge in [-0.05, 0) is 12.1 Å². The number of methoxy groups -OCH3 is 1. The number of rotatable bonds is 7. The summed E-state index contributed by atoms with van der Waals surface area (Å²) in [4.78, 5) is 38.4. The number of amides is 1. The minimum Gasteiger partial charge on any atom is -0.383 e. The van der Waals surface area contributed by atoms with Crippen LogP contribution < -0.4 is 16.6 Å². The summed E-state index contributed by atoms with van der Waals surface area (Å²) in [6.07, 6.45) is 0. The number of carbonyl (C=O) groups excluding carboxylic acids is 1. The van der Waals surface area contributed by atoms with Crippen LogP contribution in [0.5, 0.6) is 0 Å². The van der Waals surface area contributed by atoms with E-state index in [1.807, 2.05) is 30.3 Å². The van der Waals surface area contributed by atoms with Crippen LogP contribution in [0.3, 0.4) is 0 Å². The third-order valence-electron chi connectivity index (χ3n) is 2.93. The molecule has 0 fully saturated rings. The fourth-order valence-corrected chi connectivity index (χ4v) is 2.59. The van der Waals surface area contributed by atoms with Gasteiger partial charge in [-0.2, -0.15) is 0 Å². The molecule has 0 bridgehead atoms. The van der Waals surface area contributed by atoms with Gasteiger partial charge in [-0.1, -0.05) is 18.2 Å². The van der Waals surface area contributed by atoms with Crippen molar-refractivity contribution in [2.24, 2.45) is 0 Å². The van der Waals surface area contributed by atoms with E-state index in [4.69, 9.17) is 4.74 Å². The Bertz CT molecular complexity index is 770. The number of H-pyrrole nitrogens is 1. The summed E-state index contributed by atoms with van der Waals surface area (Å²) >= 11 is 1.37. The van der Waals surface area contributed by atoms with E-state index in [2.05, 4.69) is 10.3 Å². The van der Waals surface area contributed by atoms with E-state index in [-0.39, 0.29) is 30.6 Å². The van der Waals surface area contributed by atoms with Crippen molar-refractivity contribution in [3.8, 4) is 0 Å². The molecule has 8 heteroatoms. The molecule has 1 amide bonds. The number of hydrogen-bond acceptors (Lipinski definition) is 5. The normalized spacial score (nSPS) is 10.5. The van der Waals surface area contributed by atoms with Crippen LogP contribution in [0.4, 0.5) is 5.82 Å². The predicted molar refractivity (Wildman–Crippen MR) is 89.0 cm³/mol. The molecule has 0 saturated carbocycles. The molecule has 0 aliphatic rings. The van der Waals surface area contributed by atoms with E-state index in [0.29, 0.717) is 0 Å². The minimum atomic E-state index is -0.583. The Labute approximate surface area is 136 Å². The van der Waals surface area contributed by atoms with Crippen LogP contribution in [-0.4, -0.2) is 34.9 Å². The van der Waals surface area contributed by atoms with Crippen molar-refractivity contribution in [3.63, 3.8) is 0 Å². The quantitative estimate of drug-likeness (QED) is 0.734. The molecule has 2 rings (SSSR count). The molecule has 1 aromatic heterocycles. The molecule has 0 atom stereocenters. The molecule has 0 saturated heterocycles. The van der Waals surface area contributed by atoms with Gasteiger partial charge in [0.1, 0.15) is 5.82 Å². The molecular weight excluding hydrogens is 318 g/mol. The summed E-state index contributed by atoms with van der Waals surface area (Å²) in [6.45, 7) is 0.515. The van der Waals surface area contributed by atoms with Crippen molar-refractivity contribution in [2.75, 3.05) is 24.8 Å². The van der Waals surface area contributed by atoms with E-state index >= 15 is 0 Å². The van der Waals surface area contributed by atoms with Gasteiger partial charge < -0.3 is 10.1 Å². The first kappa shape index (κ1) is 17.0. The zero-order valence-corrected chi connectivity index (χ0v) is 13.4. The lowest BCUT2D eigenvalue weighted by Crippen LogP contribution is -2.34. The van der Waals surface area contributed by atoms with Crippen LogP contribution in [0.15, 0.2) is 50.9 Å². The summed E-state index contributed by atoms with van der Waals surface area (Å²) in [5.41, 5.74) is -1.14. The topological polar surface area (TPSA) is 93.2 Å². The first-order chi connectivity index (χ1) is 11.1. The first-order valence-electron chi connectivity index (χ1n) is 6.91. The molecule has 0 unspecified atom stereocenters. The lowest BCUT2D eigenvalue weighted by Gasteiger charge is -2.12. The van der Waals surface area contributed by atoms with Gasteiger partial charge in [-0.25, -0.2) is 4.79 Å². The molecule has 7 nitrogen and oxygen atoms in total. The fraction of sp³-hybridized carbons (Fsp3) is 0.267. The number of nitrogens with zero attached hydrogens (tertiary/aromatic N) is 1. The number of anilines is 1. The molecule has 1 aromatic carbocycles. The van der Waals surface area contributed by atoms with Crippen molar-refractivity contribution in [1.29, 1.82) is 0 Å². The Morgan fingerprint density at radius 2 is 2.04 bits per heavy atom. The highest BCUT2D eigenvalue weighted by Crippen LogP contribution is 2.17. The van der Waals surface area contributed by atoms with Gasteiger partial charge in [0.05, 0.1) is 18.9 Å². The van der Waals surface area contributed by atoms with Gasteiger partial charge in [-0.15, -0.1) is 11.8 Å². The van der Waals surface area contributed by atoms with Crippen molar-refractivity contribution in [2.45, 2.75) is 11.4 Å². The first-order valence-corrected chi connectivity index (χ1v) is 7.89. The highest BCUT2D eigenvalue weighted by Gasteiger charge is 2.10. The second-order valence-corrected chi connectivity index (χ2v) is 5.67. The van der Waals surface area contributed by atoms with Crippen molar-refractivity contribution >= 4 is 23.5 Å². The summed E-state index contributed by atoms with van der Waals surface area (Å²) in [6, 6.07) is 10.7. The van der Waals surface area contributed by atoms with Crippen LogP contribution in [-0.2, 0) is 16.1 Å². The van der Waals surface area contributed by atoms with Crippen molar-refractivity contribution in [1.82, 2.24) is 9.55 Å². The Kier molecular flexibility index (Phi) is 6.19. The monoisotopic (exact) mass is 335 g/mol. The number of benzene rings is 1. The molecule has 0 aliphatic heterocycles. The van der Waals surface area contributed by atoms with Gasteiger partial charge in [-0.3, -0.25) is 19.1 Å². The van der Waals surface area contributed by atoms with Gasteiger partial charge in [0.2, 0.25) is 5.91 Å². The smallest absolute Gasteiger partial charge is 0.329 e. The molecule has 0 spiro atoms. The molecule has 0 radical (unpaired) electrons. The van der Waals surface area contributed by atoms with Crippen molar-refractivity contribution < 1.29 is 9.53 Å². The summed E-state index contributed by atoms with van der Waals surface area (Å²) in [5.74, 6) is 0.0411. The number of carbonyl (C=O) groups is 1. The third-order valence-corrected chi connectivity index (χ3v) is 3.95. The van der Waals surface area contributed by atoms with Crippen molar-refractivity contribution in [3.05, 3.63) is 57.2 Å². The van der Waals surface area contributed by atoms with E-state index in [1.165, 1.54) is 29.5 Å². The Morgan fingerprint density at radius 1 is 1.30 bits per heavy atom. The predicted octanol–water partition coefficient (Wildman–Crippen LogP) is 0.914. The second kappa shape index (κ2) is 8.35. The Balaban J connectivity index is 2.07. The molecule has 2 aromatic rings. The van der Waals surface area contributed by atoms with E-state index in [9.17, 15) is 14.4 Å². The number of hydrogen-bond donors (Lipinski definition) is 2. The largest absolute Gasteiger partial charge is 0.383 e. The lowest BCUT2D eigenvalue weighted by molar-refractivity contribution is -0.113. The van der Waals surface area contributed by atoms with E-state index in [1.54, 1.807) is 0 Å². The maximum absolute atomic E-state index is 12.0. The Hall–Kier alpha value is -2.32. The highest BCUT2D eigenvalue weighted by molar-refractivity contribution is 8.00. The van der Waals surface area contributed by atoms with Gasteiger partial charge in [0.25, 0.3) is 5.56 Å². The molecule has 23 heavy (non-hydrogen) atoms. The number of aromatic nitrogens is 2. The number of thioether (sulfide) groups is 1. The zero-order chi connectivity index (χ0) is 16.7. The SMILES string of the molecule is COCCn1c(NC(=O)CSc2ccccc2)cc(=O)[nH]c1=O. The minimum absolute atomic E-state index is 0.162. The fourth-order valence-electron chi connectivity index (χ4n) is 1.87. The standard InChI is InChI=1S/C15H17N3O4S/c1-22-8-7-18-12(9-13(19)17-15(18)21)16-14(20)10-23-11-5-3-2-4-6-11/h2-6,9H,7-8,10H2,1H3,(H,16,20)(H,17,19,21). The van der Waals surface area contributed by atoms with Crippen LogP contribution >= 0.6 is 11.8 Å². The van der Waals surface area contributed by atoms with E-state index < -0.39 is 11.2 Å². The van der Waals surface area contributed by atoms with Gasteiger partial charge in [0.15, 0.2) is 0 Å². The van der Waals surface area contributed by atoms with E-state index in [0.717, 1.165) is 4.90 Å². The molecule has 1 heterocycles. The molecule has 0 aliphatic carbocycles. The van der Waals surface area contributed by atoms with Crippen LogP contribution in [0.1, 0.15) is 0 Å². The average Bonchev–Trinajstić information content (AvgIpc) is 2.53. The zero-order valence-electron chi connectivity index (χ0n) is 12.6. The molecule has 2 N–H and O–H groups in total.